The minimum atomic E-state index is -4.47. The average Bonchev–Trinajstić information content (AvgIpc) is 2.33. The van der Waals surface area contributed by atoms with Crippen LogP contribution in [-0.2, 0) is 9.53 Å². The number of halogens is 3. The smallest absolute Gasteiger partial charge is 0.410 e. The summed E-state index contributed by atoms with van der Waals surface area (Å²) in [5.74, 6) is -0.777. The van der Waals surface area contributed by atoms with E-state index in [-0.39, 0.29) is 6.54 Å². The third-order valence-electron chi connectivity index (χ3n) is 2.84. The maximum absolute atomic E-state index is 12.2. The molecule has 128 valence electrons. The van der Waals surface area contributed by atoms with E-state index in [1.165, 1.54) is 9.57 Å². The standard InChI is InChI=1S/C12H21F3N3O3P/c1-11(2,3)21-10(20)17-4-5-18(22)8(6-17)9(19)16-7-12(13,14)15/h8H,4-7,22H2,1-3H3,(H,16,19). The van der Waals surface area contributed by atoms with E-state index in [1.807, 2.05) is 5.32 Å². The van der Waals surface area contributed by atoms with Crippen molar-refractivity contribution in [1.29, 1.82) is 0 Å². The molecule has 1 aliphatic rings. The highest BCUT2D eigenvalue weighted by Gasteiger charge is 2.36. The summed E-state index contributed by atoms with van der Waals surface area (Å²) in [5.41, 5.74) is -0.677. The summed E-state index contributed by atoms with van der Waals surface area (Å²) in [5, 5.41) is 1.83. The van der Waals surface area contributed by atoms with Crippen LogP contribution in [0.2, 0.25) is 0 Å². The van der Waals surface area contributed by atoms with E-state index in [1.54, 1.807) is 20.8 Å². The van der Waals surface area contributed by atoms with Crippen LogP contribution in [0.15, 0.2) is 0 Å². The van der Waals surface area contributed by atoms with Gasteiger partial charge in [0.1, 0.15) is 18.2 Å². The summed E-state index contributed by atoms with van der Waals surface area (Å²) in [7, 11) is 2.29. The SMILES string of the molecule is CC(C)(C)OC(=O)N1CCN(P)C(C(=O)NCC(F)(F)F)C1. The Bertz CT molecular complexity index is 426. The van der Waals surface area contributed by atoms with Gasteiger partial charge >= 0.3 is 12.3 Å². The number of amides is 2. The largest absolute Gasteiger partial charge is 0.444 e. The second-order valence-corrected chi connectivity index (χ2v) is 6.68. The van der Waals surface area contributed by atoms with Crippen LogP contribution in [0.1, 0.15) is 20.8 Å². The van der Waals surface area contributed by atoms with Crippen LogP contribution in [0.3, 0.4) is 0 Å². The Morgan fingerprint density at radius 1 is 1.27 bits per heavy atom. The number of piperazine rings is 1. The Kier molecular flexibility index (Phi) is 6.03. The third kappa shape index (κ3) is 6.36. The molecule has 2 atom stereocenters. The molecule has 2 amide bonds. The summed E-state index contributed by atoms with van der Waals surface area (Å²) in [6.45, 7) is 4.39. The molecule has 1 rings (SSSR count). The lowest BCUT2D eigenvalue weighted by Gasteiger charge is -2.38. The van der Waals surface area contributed by atoms with Crippen molar-refractivity contribution in [3.8, 4) is 0 Å². The first-order valence-corrected chi connectivity index (χ1v) is 7.24. The molecule has 1 saturated heterocycles. The quantitative estimate of drug-likeness (QED) is 0.770. The second kappa shape index (κ2) is 7.00. The Morgan fingerprint density at radius 3 is 2.36 bits per heavy atom. The number of carbonyl (C=O) groups is 2. The highest BCUT2D eigenvalue weighted by Crippen LogP contribution is 2.18. The average molecular weight is 343 g/mol. The molecule has 0 aromatic carbocycles. The van der Waals surface area contributed by atoms with Crippen molar-refractivity contribution in [2.24, 2.45) is 0 Å². The number of carbonyl (C=O) groups excluding carboxylic acids is 2. The molecule has 1 heterocycles. The van der Waals surface area contributed by atoms with Gasteiger partial charge in [-0.15, -0.1) is 0 Å². The Labute approximate surface area is 129 Å². The second-order valence-electron chi connectivity index (χ2n) is 6.01. The number of nitrogens with zero attached hydrogens (tertiary/aromatic N) is 2. The predicted molar refractivity (Wildman–Crippen MR) is 77.1 cm³/mol. The molecule has 1 aliphatic heterocycles. The number of hydrogen-bond acceptors (Lipinski definition) is 4. The van der Waals surface area contributed by atoms with Gasteiger partial charge in [0, 0.05) is 19.6 Å². The van der Waals surface area contributed by atoms with Crippen molar-refractivity contribution < 1.29 is 27.5 Å². The van der Waals surface area contributed by atoms with Crippen LogP contribution in [-0.4, -0.2) is 65.6 Å². The number of rotatable bonds is 2. The molecule has 0 spiro atoms. The van der Waals surface area contributed by atoms with Crippen LogP contribution in [0.25, 0.3) is 0 Å². The molecule has 1 N–H and O–H groups in total. The lowest BCUT2D eigenvalue weighted by Crippen LogP contribution is -2.58. The van der Waals surface area contributed by atoms with Gasteiger partial charge in [-0.2, -0.15) is 13.2 Å². The van der Waals surface area contributed by atoms with E-state index < -0.39 is 36.4 Å². The maximum Gasteiger partial charge on any atom is 0.410 e. The molecule has 0 radical (unpaired) electrons. The zero-order valence-electron chi connectivity index (χ0n) is 12.7. The van der Waals surface area contributed by atoms with Gasteiger partial charge in [-0.25, -0.2) is 4.79 Å². The van der Waals surface area contributed by atoms with Gasteiger partial charge in [0.2, 0.25) is 5.91 Å². The van der Waals surface area contributed by atoms with Crippen molar-refractivity contribution in [1.82, 2.24) is 14.9 Å². The van der Waals surface area contributed by atoms with E-state index >= 15 is 0 Å². The summed E-state index contributed by atoms with van der Waals surface area (Å²) in [6.07, 6.45) is -5.06. The fourth-order valence-corrected chi connectivity index (χ4v) is 2.17. The number of hydrogen-bond donors (Lipinski definition) is 1. The normalized spacial score (nSPS) is 20.7. The summed E-state index contributed by atoms with van der Waals surface area (Å²) < 4.78 is 43.2. The van der Waals surface area contributed by atoms with Crippen LogP contribution in [0, 0.1) is 0 Å². The van der Waals surface area contributed by atoms with Gasteiger partial charge < -0.3 is 15.0 Å². The minimum absolute atomic E-state index is 0.0257. The zero-order valence-corrected chi connectivity index (χ0v) is 13.9. The van der Waals surface area contributed by atoms with Crippen LogP contribution in [0.5, 0.6) is 0 Å². The van der Waals surface area contributed by atoms with Crippen molar-refractivity contribution in [2.75, 3.05) is 26.2 Å². The summed E-state index contributed by atoms with van der Waals surface area (Å²) in [6, 6.07) is -0.867. The Balaban J connectivity index is 2.63. The lowest BCUT2D eigenvalue weighted by molar-refractivity contribution is -0.141. The fourth-order valence-electron chi connectivity index (χ4n) is 1.83. The first-order valence-electron chi connectivity index (χ1n) is 6.73. The highest BCUT2D eigenvalue weighted by atomic mass is 31.0. The molecular weight excluding hydrogens is 322 g/mol. The van der Waals surface area contributed by atoms with E-state index in [9.17, 15) is 22.8 Å². The molecule has 0 aromatic rings. The van der Waals surface area contributed by atoms with E-state index in [2.05, 4.69) is 9.39 Å². The number of nitrogens with one attached hydrogen (secondary N) is 1. The predicted octanol–water partition coefficient (Wildman–Crippen LogP) is 1.38. The van der Waals surface area contributed by atoms with Gasteiger partial charge in [0.05, 0.1) is 0 Å². The van der Waals surface area contributed by atoms with Crippen molar-refractivity contribution in [3.63, 3.8) is 0 Å². The minimum Gasteiger partial charge on any atom is -0.444 e. The molecule has 1 fully saturated rings. The highest BCUT2D eigenvalue weighted by molar-refractivity contribution is 7.13. The Morgan fingerprint density at radius 2 is 1.86 bits per heavy atom. The number of alkyl halides is 3. The molecule has 0 saturated carbocycles. The van der Waals surface area contributed by atoms with Crippen molar-refractivity contribution in [3.05, 3.63) is 0 Å². The topological polar surface area (TPSA) is 61.9 Å². The first kappa shape index (κ1) is 19.0. The van der Waals surface area contributed by atoms with Crippen LogP contribution < -0.4 is 5.32 Å². The molecule has 0 bridgehead atoms. The van der Waals surface area contributed by atoms with Crippen molar-refractivity contribution >= 4 is 21.4 Å². The molecule has 0 aromatic heterocycles. The summed E-state index contributed by atoms with van der Waals surface area (Å²) in [4.78, 5) is 25.2. The third-order valence-corrected chi connectivity index (χ3v) is 3.46. The fraction of sp³-hybridized carbons (Fsp3) is 0.833. The van der Waals surface area contributed by atoms with Gasteiger partial charge in [0.25, 0.3) is 0 Å². The molecular formula is C12H21F3N3O3P. The zero-order chi connectivity index (χ0) is 17.1. The van der Waals surface area contributed by atoms with Gasteiger partial charge in [-0.1, -0.05) is 9.39 Å². The molecule has 22 heavy (non-hydrogen) atoms. The van der Waals surface area contributed by atoms with Crippen LogP contribution in [0.4, 0.5) is 18.0 Å². The molecule has 0 aliphatic carbocycles. The van der Waals surface area contributed by atoms with Gasteiger partial charge in [0.15, 0.2) is 0 Å². The molecule has 10 heteroatoms. The molecule has 2 unspecified atom stereocenters. The van der Waals surface area contributed by atoms with E-state index in [0.29, 0.717) is 13.1 Å². The van der Waals surface area contributed by atoms with Crippen molar-refractivity contribution in [2.45, 2.75) is 38.6 Å². The first-order chi connectivity index (χ1) is 9.89. The monoisotopic (exact) mass is 343 g/mol. The Hall–Kier alpha value is -1.08. The number of ether oxygens (including phenoxy) is 1. The molecule has 6 nitrogen and oxygen atoms in total. The summed E-state index contributed by atoms with van der Waals surface area (Å²) >= 11 is 0. The van der Waals surface area contributed by atoms with E-state index in [0.717, 1.165) is 0 Å². The lowest BCUT2D eigenvalue weighted by atomic mass is 10.2. The van der Waals surface area contributed by atoms with E-state index in [4.69, 9.17) is 4.74 Å². The van der Waals surface area contributed by atoms with Gasteiger partial charge in [-0.05, 0) is 20.8 Å². The van der Waals surface area contributed by atoms with Gasteiger partial charge in [-0.3, -0.25) is 9.46 Å². The maximum atomic E-state index is 12.2. The van der Waals surface area contributed by atoms with Crippen LogP contribution >= 0.6 is 9.39 Å².